The molecule has 2 rings (SSSR count). The number of rotatable bonds is 3. The Labute approximate surface area is 94.8 Å². The molecule has 0 aromatic heterocycles. The van der Waals surface area contributed by atoms with Gasteiger partial charge in [0.25, 0.3) is 0 Å². The zero-order valence-electron chi connectivity index (χ0n) is 8.93. The third-order valence-electron chi connectivity index (χ3n) is 2.48. The molecule has 1 unspecified atom stereocenters. The van der Waals surface area contributed by atoms with Crippen molar-refractivity contribution in [3.63, 3.8) is 0 Å². The summed E-state index contributed by atoms with van der Waals surface area (Å²) in [6.07, 6.45) is 6.11. The van der Waals surface area contributed by atoms with E-state index in [1.807, 2.05) is 30.3 Å². The van der Waals surface area contributed by atoms with Crippen LogP contribution in [-0.2, 0) is 9.78 Å². The molecule has 1 aromatic rings. The number of nitriles is 1. The van der Waals surface area contributed by atoms with Gasteiger partial charge in [0.15, 0.2) is 0 Å². The van der Waals surface area contributed by atoms with E-state index in [9.17, 15) is 0 Å². The van der Waals surface area contributed by atoms with Gasteiger partial charge in [0.2, 0.25) is 0 Å². The van der Waals surface area contributed by atoms with Gasteiger partial charge in [0.05, 0.1) is 24.3 Å². The van der Waals surface area contributed by atoms with Gasteiger partial charge < -0.3 is 0 Å². The summed E-state index contributed by atoms with van der Waals surface area (Å²) in [6.45, 7) is 0.690. The van der Waals surface area contributed by atoms with Gasteiger partial charge in [-0.05, 0) is 24.1 Å². The Morgan fingerprint density at radius 1 is 1.38 bits per heavy atom. The van der Waals surface area contributed by atoms with Gasteiger partial charge in [-0.25, -0.2) is 9.78 Å². The first-order valence-electron chi connectivity index (χ1n) is 5.33. The lowest BCUT2D eigenvalue weighted by Gasteiger charge is -2.01. The molecule has 0 radical (unpaired) electrons. The van der Waals surface area contributed by atoms with E-state index in [1.54, 1.807) is 0 Å². The molecule has 16 heavy (non-hydrogen) atoms. The summed E-state index contributed by atoms with van der Waals surface area (Å²) in [5, 5.41) is 8.65. The van der Waals surface area contributed by atoms with Crippen LogP contribution in [0.1, 0.15) is 24.0 Å². The van der Waals surface area contributed by atoms with Crippen LogP contribution < -0.4 is 0 Å². The first kappa shape index (κ1) is 10.9. The van der Waals surface area contributed by atoms with Crippen molar-refractivity contribution in [1.29, 1.82) is 5.26 Å². The fraction of sp³-hybridized carbons (Fsp3) is 0.308. The minimum Gasteiger partial charge on any atom is -0.236 e. The molecule has 0 N–H and O–H groups in total. The van der Waals surface area contributed by atoms with Crippen molar-refractivity contribution in [2.75, 3.05) is 6.61 Å². The summed E-state index contributed by atoms with van der Waals surface area (Å²) >= 11 is 0. The first-order valence-corrected chi connectivity index (χ1v) is 5.33. The van der Waals surface area contributed by atoms with Gasteiger partial charge in [-0.15, -0.1) is 0 Å². The van der Waals surface area contributed by atoms with Crippen molar-refractivity contribution in [2.45, 2.75) is 18.9 Å². The second-order valence-electron chi connectivity index (χ2n) is 3.70. The molecule has 0 aliphatic carbocycles. The zero-order valence-corrected chi connectivity index (χ0v) is 8.93. The molecule has 1 aliphatic rings. The molecular weight excluding hydrogens is 202 g/mol. The maximum Gasteiger partial charge on any atom is 0.0991 e. The fourth-order valence-corrected chi connectivity index (χ4v) is 1.55. The van der Waals surface area contributed by atoms with Crippen LogP contribution in [0.2, 0.25) is 0 Å². The van der Waals surface area contributed by atoms with Crippen LogP contribution in [0, 0.1) is 11.3 Å². The van der Waals surface area contributed by atoms with E-state index in [0.717, 1.165) is 18.4 Å². The van der Waals surface area contributed by atoms with Crippen molar-refractivity contribution in [3.8, 4) is 6.07 Å². The number of hydrogen-bond donors (Lipinski definition) is 0. The summed E-state index contributed by atoms with van der Waals surface area (Å²) in [6, 6.07) is 9.59. The molecule has 82 valence electrons. The van der Waals surface area contributed by atoms with Crippen molar-refractivity contribution < 1.29 is 9.78 Å². The highest BCUT2D eigenvalue weighted by molar-refractivity contribution is 5.50. The molecule has 1 aliphatic heterocycles. The van der Waals surface area contributed by atoms with Crippen LogP contribution in [0.3, 0.4) is 0 Å². The highest BCUT2D eigenvalue weighted by atomic mass is 17.2. The molecule has 0 bridgehead atoms. The molecule has 0 amide bonds. The Morgan fingerprint density at radius 2 is 2.19 bits per heavy atom. The third-order valence-corrected chi connectivity index (χ3v) is 2.48. The van der Waals surface area contributed by atoms with Gasteiger partial charge in [-0.2, -0.15) is 5.26 Å². The van der Waals surface area contributed by atoms with Crippen LogP contribution in [-0.4, -0.2) is 12.7 Å². The molecule has 0 saturated carbocycles. The molecule has 3 nitrogen and oxygen atoms in total. The van der Waals surface area contributed by atoms with E-state index < -0.39 is 0 Å². The highest BCUT2D eigenvalue weighted by Gasteiger charge is 2.14. The van der Waals surface area contributed by atoms with Crippen molar-refractivity contribution in [2.24, 2.45) is 0 Å². The minimum absolute atomic E-state index is 0.189. The van der Waals surface area contributed by atoms with Crippen LogP contribution in [0.5, 0.6) is 0 Å². The average molecular weight is 215 g/mol. The molecule has 1 aromatic carbocycles. The second kappa shape index (κ2) is 5.45. The highest BCUT2D eigenvalue weighted by Crippen LogP contribution is 2.14. The topological polar surface area (TPSA) is 42.2 Å². The summed E-state index contributed by atoms with van der Waals surface area (Å²) in [5.41, 5.74) is 1.78. The Morgan fingerprint density at radius 3 is 2.81 bits per heavy atom. The van der Waals surface area contributed by atoms with Crippen LogP contribution in [0.4, 0.5) is 0 Å². The molecular formula is C13H13NO2. The van der Waals surface area contributed by atoms with E-state index in [4.69, 9.17) is 15.0 Å². The Kier molecular flexibility index (Phi) is 3.71. The van der Waals surface area contributed by atoms with E-state index >= 15 is 0 Å². The lowest BCUT2D eigenvalue weighted by Crippen LogP contribution is -2.01. The fourth-order valence-electron chi connectivity index (χ4n) is 1.55. The van der Waals surface area contributed by atoms with Gasteiger partial charge in [-0.1, -0.05) is 24.3 Å². The van der Waals surface area contributed by atoms with Gasteiger partial charge in [0.1, 0.15) is 0 Å². The van der Waals surface area contributed by atoms with Gasteiger partial charge in [0, 0.05) is 6.42 Å². The Hall–Kier alpha value is -1.63. The van der Waals surface area contributed by atoms with E-state index in [2.05, 4.69) is 12.1 Å². The molecule has 1 saturated heterocycles. The SMILES string of the molecule is N#Cc1ccc(C=CCC2CCOO2)cc1. The molecule has 3 heteroatoms. The predicted octanol–water partition coefficient (Wildman–Crippen LogP) is 2.68. The van der Waals surface area contributed by atoms with Crippen LogP contribution in [0.15, 0.2) is 30.3 Å². The normalized spacial score (nSPS) is 20.1. The summed E-state index contributed by atoms with van der Waals surface area (Å²) < 4.78 is 0. The Bertz CT molecular complexity index is 397. The lowest BCUT2D eigenvalue weighted by atomic mass is 10.1. The second-order valence-corrected chi connectivity index (χ2v) is 3.70. The maximum atomic E-state index is 8.65. The first-order chi connectivity index (χ1) is 7.88. The monoisotopic (exact) mass is 215 g/mol. The van der Waals surface area contributed by atoms with Crippen LogP contribution >= 0.6 is 0 Å². The molecule has 1 heterocycles. The lowest BCUT2D eigenvalue weighted by molar-refractivity contribution is -0.273. The van der Waals surface area contributed by atoms with E-state index in [1.165, 1.54) is 0 Å². The van der Waals surface area contributed by atoms with Gasteiger partial charge >= 0.3 is 0 Å². The van der Waals surface area contributed by atoms with Crippen molar-refractivity contribution >= 4 is 6.08 Å². The summed E-state index contributed by atoms with van der Waals surface area (Å²) in [4.78, 5) is 9.85. The molecule has 1 atom stereocenters. The summed E-state index contributed by atoms with van der Waals surface area (Å²) in [5.74, 6) is 0. The average Bonchev–Trinajstić information content (AvgIpc) is 2.83. The maximum absolute atomic E-state index is 8.65. The number of hydrogen-bond acceptors (Lipinski definition) is 3. The number of benzene rings is 1. The van der Waals surface area contributed by atoms with Gasteiger partial charge in [-0.3, -0.25) is 0 Å². The van der Waals surface area contributed by atoms with Crippen molar-refractivity contribution in [3.05, 3.63) is 41.5 Å². The number of nitrogens with zero attached hydrogens (tertiary/aromatic N) is 1. The largest absolute Gasteiger partial charge is 0.236 e. The third kappa shape index (κ3) is 2.93. The quantitative estimate of drug-likeness (QED) is 0.728. The van der Waals surface area contributed by atoms with E-state index in [-0.39, 0.29) is 6.10 Å². The minimum atomic E-state index is 0.189. The molecule has 0 spiro atoms. The predicted molar refractivity (Wildman–Crippen MR) is 60.3 cm³/mol. The van der Waals surface area contributed by atoms with Crippen LogP contribution in [0.25, 0.3) is 6.08 Å². The standard InChI is InChI=1S/C13H13NO2/c14-10-12-6-4-11(5-7-12)2-1-3-13-8-9-15-16-13/h1-2,4-7,13H,3,8-9H2. The summed E-state index contributed by atoms with van der Waals surface area (Å²) in [7, 11) is 0. The smallest absolute Gasteiger partial charge is 0.0991 e. The van der Waals surface area contributed by atoms with E-state index in [0.29, 0.717) is 12.2 Å². The molecule has 1 fully saturated rings. The van der Waals surface area contributed by atoms with Crippen molar-refractivity contribution in [1.82, 2.24) is 0 Å². The zero-order chi connectivity index (χ0) is 11.2. The Balaban J connectivity index is 1.87.